The lowest BCUT2D eigenvalue weighted by molar-refractivity contribution is 0.590. The van der Waals surface area contributed by atoms with Crippen molar-refractivity contribution in [2.75, 3.05) is 6.54 Å². The van der Waals surface area contributed by atoms with Gasteiger partial charge in [-0.25, -0.2) is 4.39 Å². The van der Waals surface area contributed by atoms with Crippen molar-refractivity contribution in [3.63, 3.8) is 0 Å². The second-order valence-corrected chi connectivity index (χ2v) is 7.86. The lowest BCUT2D eigenvalue weighted by atomic mass is 9.99. The zero-order valence-electron chi connectivity index (χ0n) is 12.9. The van der Waals surface area contributed by atoms with Crippen LogP contribution in [-0.2, 0) is 0 Å². The third-order valence-corrected chi connectivity index (χ3v) is 5.75. The van der Waals surface area contributed by atoms with Crippen LogP contribution in [0.4, 0.5) is 4.39 Å². The first kappa shape index (κ1) is 16.7. The standard InChI is InChI=1S/C17H21BrFNS/c1-5-6-20-16(14-9-12(4)17(18)21-14)13-7-10(2)15(19)11(3)8-13/h7-9,16,20H,5-6H2,1-4H3. The average Bonchev–Trinajstić information content (AvgIpc) is 2.76. The van der Waals surface area contributed by atoms with Gasteiger partial charge in [-0.1, -0.05) is 19.1 Å². The molecule has 0 fully saturated rings. The van der Waals surface area contributed by atoms with E-state index >= 15 is 0 Å². The van der Waals surface area contributed by atoms with Crippen molar-refractivity contribution in [3.8, 4) is 0 Å². The predicted octanol–water partition coefficient (Wildman–Crippen LogP) is 5.66. The molecule has 0 amide bonds. The Hall–Kier alpha value is -0.710. The fraction of sp³-hybridized carbons (Fsp3) is 0.412. The van der Waals surface area contributed by atoms with Crippen LogP contribution >= 0.6 is 27.3 Å². The summed E-state index contributed by atoms with van der Waals surface area (Å²) in [6.07, 6.45) is 1.07. The lowest BCUT2D eigenvalue weighted by Crippen LogP contribution is -2.22. The van der Waals surface area contributed by atoms with Gasteiger partial charge in [-0.2, -0.15) is 0 Å². The molecule has 1 N–H and O–H groups in total. The van der Waals surface area contributed by atoms with Gasteiger partial charge in [0, 0.05) is 4.88 Å². The number of aryl methyl sites for hydroxylation is 3. The van der Waals surface area contributed by atoms with Gasteiger partial charge in [-0.05, 0) is 78.0 Å². The molecule has 0 bridgehead atoms. The van der Waals surface area contributed by atoms with E-state index in [2.05, 4.69) is 41.2 Å². The topological polar surface area (TPSA) is 12.0 Å². The van der Waals surface area contributed by atoms with Crippen LogP contribution in [0.15, 0.2) is 22.0 Å². The third-order valence-electron chi connectivity index (χ3n) is 3.55. The van der Waals surface area contributed by atoms with E-state index in [0.717, 1.165) is 22.3 Å². The Morgan fingerprint density at radius 3 is 2.24 bits per heavy atom. The van der Waals surface area contributed by atoms with Gasteiger partial charge in [-0.15, -0.1) is 11.3 Å². The molecule has 1 aromatic carbocycles. The normalized spacial score (nSPS) is 12.7. The van der Waals surface area contributed by atoms with Crippen molar-refractivity contribution in [2.24, 2.45) is 0 Å². The van der Waals surface area contributed by atoms with E-state index in [1.807, 2.05) is 26.0 Å². The number of hydrogen-bond donors (Lipinski definition) is 1. The molecule has 2 aromatic rings. The monoisotopic (exact) mass is 369 g/mol. The van der Waals surface area contributed by atoms with Gasteiger partial charge >= 0.3 is 0 Å². The minimum Gasteiger partial charge on any atom is -0.306 e. The molecule has 2 rings (SSSR count). The Labute approximate surface area is 138 Å². The highest BCUT2D eigenvalue weighted by molar-refractivity contribution is 9.11. The van der Waals surface area contributed by atoms with E-state index in [1.54, 1.807) is 11.3 Å². The Balaban J connectivity index is 2.45. The van der Waals surface area contributed by atoms with E-state index in [0.29, 0.717) is 11.1 Å². The summed E-state index contributed by atoms with van der Waals surface area (Å²) >= 11 is 5.34. The van der Waals surface area contributed by atoms with Crippen LogP contribution in [0.1, 0.15) is 46.5 Å². The Morgan fingerprint density at radius 2 is 1.76 bits per heavy atom. The maximum atomic E-state index is 13.9. The fourth-order valence-corrected chi connectivity index (χ4v) is 4.12. The molecule has 0 aliphatic heterocycles. The first-order valence-electron chi connectivity index (χ1n) is 7.19. The highest BCUT2D eigenvalue weighted by Crippen LogP contribution is 2.35. The van der Waals surface area contributed by atoms with Gasteiger partial charge in [0.05, 0.1) is 9.83 Å². The van der Waals surface area contributed by atoms with Gasteiger partial charge in [0.15, 0.2) is 0 Å². The van der Waals surface area contributed by atoms with Crippen molar-refractivity contribution in [1.29, 1.82) is 0 Å². The molecule has 0 aliphatic rings. The Morgan fingerprint density at radius 1 is 1.14 bits per heavy atom. The van der Waals surface area contributed by atoms with E-state index in [4.69, 9.17) is 0 Å². The van der Waals surface area contributed by atoms with Crippen molar-refractivity contribution < 1.29 is 4.39 Å². The van der Waals surface area contributed by atoms with Gasteiger partial charge in [0.1, 0.15) is 5.82 Å². The number of benzene rings is 1. The molecule has 0 spiro atoms. The highest BCUT2D eigenvalue weighted by Gasteiger charge is 2.18. The minimum atomic E-state index is -0.100. The maximum absolute atomic E-state index is 13.9. The third kappa shape index (κ3) is 3.74. The molecule has 0 radical (unpaired) electrons. The summed E-state index contributed by atoms with van der Waals surface area (Å²) < 4.78 is 15.0. The Bertz CT molecular complexity index is 593. The average molecular weight is 370 g/mol. The van der Waals surface area contributed by atoms with Crippen LogP contribution in [0.3, 0.4) is 0 Å². The largest absolute Gasteiger partial charge is 0.306 e. The van der Waals surface area contributed by atoms with Crippen molar-refractivity contribution >= 4 is 27.3 Å². The second kappa shape index (κ2) is 7.03. The summed E-state index contributed by atoms with van der Waals surface area (Å²) in [4.78, 5) is 1.26. The van der Waals surface area contributed by atoms with E-state index in [-0.39, 0.29) is 11.9 Å². The van der Waals surface area contributed by atoms with Crippen molar-refractivity contribution in [1.82, 2.24) is 5.32 Å². The molecule has 114 valence electrons. The second-order valence-electron chi connectivity index (χ2n) is 5.46. The molecule has 1 atom stereocenters. The zero-order chi connectivity index (χ0) is 15.6. The van der Waals surface area contributed by atoms with Crippen LogP contribution in [-0.4, -0.2) is 6.54 Å². The molecule has 1 nitrogen and oxygen atoms in total. The van der Waals surface area contributed by atoms with Gasteiger partial charge in [0.2, 0.25) is 0 Å². The molecular weight excluding hydrogens is 349 g/mol. The van der Waals surface area contributed by atoms with Crippen LogP contribution in [0.5, 0.6) is 0 Å². The molecular formula is C17H21BrFNS. The molecule has 4 heteroatoms. The molecule has 0 aliphatic carbocycles. The maximum Gasteiger partial charge on any atom is 0.129 e. The quantitative estimate of drug-likeness (QED) is 0.716. The van der Waals surface area contributed by atoms with Gasteiger partial charge in [-0.3, -0.25) is 0 Å². The van der Waals surface area contributed by atoms with Gasteiger partial charge in [0.25, 0.3) is 0 Å². The predicted molar refractivity (Wildman–Crippen MR) is 92.8 cm³/mol. The van der Waals surface area contributed by atoms with Crippen molar-refractivity contribution in [2.45, 2.75) is 40.2 Å². The molecule has 1 unspecified atom stereocenters. The Kier molecular flexibility index (Phi) is 5.58. The highest BCUT2D eigenvalue weighted by atomic mass is 79.9. The summed E-state index contributed by atoms with van der Waals surface area (Å²) in [5.74, 6) is -0.100. The molecule has 1 heterocycles. The minimum absolute atomic E-state index is 0.100. The van der Waals surface area contributed by atoms with Crippen LogP contribution in [0, 0.1) is 26.6 Å². The molecule has 0 saturated carbocycles. The summed E-state index contributed by atoms with van der Waals surface area (Å²) in [5, 5.41) is 3.58. The number of nitrogens with one attached hydrogen (secondary N) is 1. The van der Waals surface area contributed by atoms with Crippen molar-refractivity contribution in [3.05, 3.63) is 54.9 Å². The first-order valence-corrected chi connectivity index (χ1v) is 8.80. The van der Waals surface area contributed by atoms with E-state index in [1.165, 1.54) is 10.4 Å². The molecule has 0 saturated heterocycles. The first-order chi connectivity index (χ1) is 9.93. The number of hydrogen-bond acceptors (Lipinski definition) is 2. The van der Waals surface area contributed by atoms with Crippen LogP contribution in [0.2, 0.25) is 0 Å². The van der Waals surface area contributed by atoms with Crippen LogP contribution < -0.4 is 5.32 Å². The van der Waals surface area contributed by atoms with Gasteiger partial charge < -0.3 is 5.32 Å². The van der Waals surface area contributed by atoms with E-state index in [9.17, 15) is 4.39 Å². The summed E-state index contributed by atoms with van der Waals surface area (Å²) in [7, 11) is 0. The fourth-order valence-electron chi connectivity index (χ4n) is 2.44. The number of halogens is 2. The summed E-state index contributed by atoms with van der Waals surface area (Å²) in [6.45, 7) is 8.86. The summed E-state index contributed by atoms with van der Waals surface area (Å²) in [6, 6.07) is 6.24. The lowest BCUT2D eigenvalue weighted by Gasteiger charge is -2.19. The SMILES string of the molecule is CCCNC(c1cc(C)c(F)c(C)c1)c1cc(C)c(Br)s1. The van der Waals surface area contributed by atoms with E-state index < -0.39 is 0 Å². The molecule has 1 aromatic heterocycles. The molecule has 21 heavy (non-hydrogen) atoms. The number of rotatable bonds is 5. The smallest absolute Gasteiger partial charge is 0.129 e. The summed E-state index contributed by atoms with van der Waals surface area (Å²) in [5.41, 5.74) is 3.80. The number of thiophene rings is 1. The van der Waals surface area contributed by atoms with Crippen LogP contribution in [0.25, 0.3) is 0 Å². The zero-order valence-corrected chi connectivity index (χ0v) is 15.3.